The van der Waals surface area contributed by atoms with Crippen LogP contribution in [-0.2, 0) is 14.3 Å². The first kappa shape index (κ1) is 18.8. The second-order valence-corrected chi connectivity index (χ2v) is 6.73. The van der Waals surface area contributed by atoms with E-state index in [1.54, 1.807) is 54.3 Å². The van der Waals surface area contributed by atoms with Crippen LogP contribution in [0, 0.1) is 5.92 Å². The molecule has 1 unspecified atom stereocenters. The van der Waals surface area contributed by atoms with E-state index < -0.39 is 11.9 Å². The zero-order chi connectivity index (χ0) is 20.4. The SMILES string of the molecule is CCOC(=O)c1ccc(NC(=O)C2CC(=O)N(c3ccc4c(c3)OCO4)C2)cc1. The molecule has 8 heteroatoms. The van der Waals surface area contributed by atoms with Crippen molar-refractivity contribution in [2.75, 3.05) is 30.2 Å². The normalized spacial score (nSPS) is 17.3. The highest BCUT2D eigenvalue weighted by Crippen LogP contribution is 2.37. The van der Waals surface area contributed by atoms with Crippen molar-refractivity contribution in [2.24, 2.45) is 5.92 Å². The van der Waals surface area contributed by atoms with E-state index in [1.807, 2.05) is 0 Å². The van der Waals surface area contributed by atoms with Crippen LogP contribution in [0.15, 0.2) is 42.5 Å². The minimum absolute atomic E-state index is 0.123. The molecule has 0 saturated carbocycles. The number of nitrogens with zero attached hydrogens (tertiary/aromatic N) is 1. The Hall–Kier alpha value is -3.55. The number of carbonyl (C=O) groups is 3. The van der Waals surface area contributed by atoms with Crippen LogP contribution in [-0.4, -0.2) is 37.7 Å². The number of benzene rings is 2. The van der Waals surface area contributed by atoms with Gasteiger partial charge in [-0.15, -0.1) is 0 Å². The number of nitrogens with one attached hydrogen (secondary N) is 1. The van der Waals surface area contributed by atoms with E-state index in [2.05, 4.69) is 5.32 Å². The van der Waals surface area contributed by atoms with Gasteiger partial charge in [0.15, 0.2) is 11.5 Å². The van der Waals surface area contributed by atoms with E-state index >= 15 is 0 Å². The third-order valence-corrected chi connectivity index (χ3v) is 4.83. The quantitative estimate of drug-likeness (QED) is 0.781. The fourth-order valence-electron chi connectivity index (χ4n) is 3.33. The predicted octanol–water partition coefficient (Wildman–Crippen LogP) is 2.58. The molecule has 1 saturated heterocycles. The largest absolute Gasteiger partial charge is 0.462 e. The Kier molecular flexibility index (Phi) is 5.07. The van der Waals surface area contributed by atoms with Gasteiger partial charge < -0.3 is 24.4 Å². The lowest BCUT2D eigenvalue weighted by Crippen LogP contribution is -2.28. The number of fused-ring (bicyclic) bond motifs is 1. The van der Waals surface area contributed by atoms with Crippen LogP contribution in [0.1, 0.15) is 23.7 Å². The molecule has 0 radical (unpaired) electrons. The van der Waals surface area contributed by atoms with E-state index in [9.17, 15) is 14.4 Å². The van der Waals surface area contributed by atoms with Crippen LogP contribution in [0.25, 0.3) is 0 Å². The maximum absolute atomic E-state index is 12.6. The zero-order valence-electron chi connectivity index (χ0n) is 15.8. The predicted molar refractivity (Wildman–Crippen MR) is 104 cm³/mol. The fraction of sp³-hybridized carbons (Fsp3) is 0.286. The van der Waals surface area contributed by atoms with Gasteiger partial charge in [-0.25, -0.2) is 4.79 Å². The molecule has 150 valence electrons. The molecule has 2 heterocycles. The van der Waals surface area contributed by atoms with E-state index in [0.29, 0.717) is 35.0 Å². The molecule has 2 aromatic carbocycles. The molecule has 2 amide bonds. The Balaban J connectivity index is 1.40. The van der Waals surface area contributed by atoms with Gasteiger partial charge in [-0.1, -0.05) is 0 Å². The number of hydrogen-bond donors (Lipinski definition) is 1. The summed E-state index contributed by atoms with van der Waals surface area (Å²) in [6, 6.07) is 11.7. The van der Waals surface area contributed by atoms with Crippen molar-refractivity contribution >= 4 is 29.2 Å². The van der Waals surface area contributed by atoms with Gasteiger partial charge in [0, 0.05) is 30.4 Å². The van der Waals surface area contributed by atoms with Crippen molar-refractivity contribution in [3.05, 3.63) is 48.0 Å². The van der Waals surface area contributed by atoms with Gasteiger partial charge in [-0.05, 0) is 43.3 Å². The molecule has 0 spiro atoms. The standard InChI is InChI=1S/C21H20N2O6/c1-2-27-21(26)13-3-5-15(6-4-13)22-20(25)14-9-19(24)23(11-14)16-7-8-17-18(10-16)29-12-28-17/h3-8,10,14H,2,9,11-12H2,1H3,(H,22,25). The summed E-state index contributed by atoms with van der Waals surface area (Å²) in [7, 11) is 0. The summed E-state index contributed by atoms with van der Waals surface area (Å²) in [5.74, 6) is -0.0261. The summed E-state index contributed by atoms with van der Waals surface area (Å²) in [4.78, 5) is 38.3. The Morgan fingerprint density at radius 2 is 1.90 bits per heavy atom. The third-order valence-electron chi connectivity index (χ3n) is 4.83. The van der Waals surface area contributed by atoms with Crippen LogP contribution in [0.2, 0.25) is 0 Å². The maximum atomic E-state index is 12.6. The smallest absolute Gasteiger partial charge is 0.338 e. The number of hydrogen-bond acceptors (Lipinski definition) is 6. The van der Waals surface area contributed by atoms with Gasteiger partial charge in [0.2, 0.25) is 18.6 Å². The molecule has 0 aliphatic carbocycles. The third kappa shape index (κ3) is 3.87. The molecule has 1 fully saturated rings. The summed E-state index contributed by atoms with van der Waals surface area (Å²) >= 11 is 0. The highest BCUT2D eigenvalue weighted by Gasteiger charge is 2.35. The second-order valence-electron chi connectivity index (χ2n) is 6.73. The Morgan fingerprint density at radius 1 is 1.14 bits per heavy atom. The molecule has 1 N–H and O–H groups in total. The molecule has 2 aromatic rings. The number of anilines is 2. The number of amides is 2. The van der Waals surface area contributed by atoms with Gasteiger partial charge in [0.1, 0.15) is 0 Å². The number of esters is 1. The Bertz CT molecular complexity index is 956. The van der Waals surface area contributed by atoms with Gasteiger partial charge in [-0.2, -0.15) is 0 Å². The number of rotatable bonds is 5. The molecule has 29 heavy (non-hydrogen) atoms. The molecule has 0 aromatic heterocycles. The van der Waals surface area contributed by atoms with E-state index in [-0.39, 0.29) is 31.6 Å². The summed E-state index contributed by atoms with van der Waals surface area (Å²) in [6.45, 7) is 2.48. The molecular weight excluding hydrogens is 376 g/mol. The van der Waals surface area contributed by atoms with E-state index in [0.717, 1.165) is 0 Å². The molecule has 4 rings (SSSR count). The fourth-order valence-corrected chi connectivity index (χ4v) is 3.33. The second kappa shape index (κ2) is 7.83. The molecule has 2 aliphatic heterocycles. The topological polar surface area (TPSA) is 94.2 Å². The van der Waals surface area contributed by atoms with Crippen molar-refractivity contribution in [3.63, 3.8) is 0 Å². The van der Waals surface area contributed by atoms with Gasteiger partial charge in [0.05, 0.1) is 18.1 Å². The van der Waals surface area contributed by atoms with Crippen molar-refractivity contribution in [1.82, 2.24) is 0 Å². The van der Waals surface area contributed by atoms with Crippen LogP contribution < -0.4 is 19.7 Å². The molecule has 2 aliphatic rings. The molecule has 0 bridgehead atoms. The lowest BCUT2D eigenvalue weighted by atomic mass is 10.1. The number of ether oxygens (including phenoxy) is 3. The van der Waals surface area contributed by atoms with Crippen LogP contribution in [0.3, 0.4) is 0 Å². The van der Waals surface area contributed by atoms with Gasteiger partial charge >= 0.3 is 5.97 Å². The average Bonchev–Trinajstić information content (AvgIpc) is 3.34. The first-order chi connectivity index (χ1) is 14.0. The summed E-state index contributed by atoms with van der Waals surface area (Å²) in [5, 5.41) is 2.80. The van der Waals surface area contributed by atoms with Crippen molar-refractivity contribution < 1.29 is 28.6 Å². The monoisotopic (exact) mass is 396 g/mol. The highest BCUT2D eigenvalue weighted by molar-refractivity contribution is 6.03. The van der Waals surface area contributed by atoms with Gasteiger partial charge in [0.25, 0.3) is 0 Å². The van der Waals surface area contributed by atoms with Crippen molar-refractivity contribution in [2.45, 2.75) is 13.3 Å². The summed E-state index contributed by atoms with van der Waals surface area (Å²) in [6.07, 6.45) is 0.126. The molecule has 1 atom stereocenters. The minimum Gasteiger partial charge on any atom is -0.462 e. The average molecular weight is 396 g/mol. The zero-order valence-corrected chi connectivity index (χ0v) is 15.8. The van der Waals surface area contributed by atoms with Crippen molar-refractivity contribution in [3.8, 4) is 11.5 Å². The van der Waals surface area contributed by atoms with E-state index in [1.165, 1.54) is 0 Å². The van der Waals surface area contributed by atoms with E-state index in [4.69, 9.17) is 14.2 Å². The van der Waals surface area contributed by atoms with Crippen LogP contribution in [0.4, 0.5) is 11.4 Å². The maximum Gasteiger partial charge on any atom is 0.338 e. The molecule has 8 nitrogen and oxygen atoms in total. The van der Waals surface area contributed by atoms with Crippen LogP contribution >= 0.6 is 0 Å². The lowest BCUT2D eigenvalue weighted by molar-refractivity contribution is -0.122. The van der Waals surface area contributed by atoms with Crippen molar-refractivity contribution in [1.29, 1.82) is 0 Å². The Morgan fingerprint density at radius 3 is 2.66 bits per heavy atom. The minimum atomic E-state index is -0.474. The highest BCUT2D eigenvalue weighted by atomic mass is 16.7. The first-order valence-electron chi connectivity index (χ1n) is 9.33. The Labute approximate surface area is 167 Å². The lowest BCUT2D eigenvalue weighted by Gasteiger charge is -2.17. The number of carbonyl (C=O) groups excluding carboxylic acids is 3. The van der Waals surface area contributed by atoms with Gasteiger partial charge in [-0.3, -0.25) is 9.59 Å². The summed E-state index contributed by atoms with van der Waals surface area (Å²) in [5.41, 5.74) is 1.64. The summed E-state index contributed by atoms with van der Waals surface area (Å²) < 4.78 is 15.6. The first-order valence-corrected chi connectivity index (χ1v) is 9.33. The van der Waals surface area contributed by atoms with Crippen LogP contribution in [0.5, 0.6) is 11.5 Å². The molecular formula is C21H20N2O6.